The topological polar surface area (TPSA) is 85.0 Å². The molecule has 0 saturated heterocycles. The van der Waals surface area contributed by atoms with Gasteiger partial charge in [-0.25, -0.2) is 9.78 Å². The second-order valence-corrected chi connectivity index (χ2v) is 4.54. The molecule has 2 aromatic heterocycles. The van der Waals surface area contributed by atoms with Crippen molar-refractivity contribution in [1.29, 1.82) is 0 Å². The summed E-state index contributed by atoms with van der Waals surface area (Å²) in [6.07, 6.45) is 4.34. The first-order valence-electron chi connectivity index (χ1n) is 6.38. The number of rotatable bonds is 6. The largest absolute Gasteiger partial charge is 0.396 e. The minimum atomic E-state index is -0.316. The Labute approximate surface area is 110 Å². The number of aromatic nitrogens is 4. The van der Waals surface area contributed by atoms with Crippen molar-refractivity contribution < 1.29 is 5.11 Å². The summed E-state index contributed by atoms with van der Waals surface area (Å²) in [6, 6.07) is 0. The number of nitrogens with zero attached hydrogens (tertiary/aromatic N) is 4. The van der Waals surface area contributed by atoms with Gasteiger partial charge in [-0.2, -0.15) is 4.98 Å². The Bertz CT molecular complexity index is 616. The number of unbranched alkanes of at least 4 members (excludes halogenated alkanes) is 2. The van der Waals surface area contributed by atoms with Gasteiger partial charge in [0.15, 0.2) is 11.5 Å². The van der Waals surface area contributed by atoms with Crippen molar-refractivity contribution >= 4 is 17.0 Å². The van der Waals surface area contributed by atoms with Crippen LogP contribution in [0.15, 0.2) is 11.1 Å². The quantitative estimate of drug-likeness (QED) is 0.731. The number of hydrogen-bond acceptors (Lipinski definition) is 5. The molecule has 2 rings (SSSR count). The zero-order valence-electron chi connectivity index (χ0n) is 11.3. The Morgan fingerprint density at radius 3 is 2.84 bits per heavy atom. The van der Waals surface area contributed by atoms with Gasteiger partial charge >= 0.3 is 5.69 Å². The predicted octanol–water partition coefficient (Wildman–Crippen LogP) is 0.241. The monoisotopic (exact) mass is 265 g/mol. The van der Waals surface area contributed by atoms with Crippen molar-refractivity contribution in [2.45, 2.75) is 19.3 Å². The molecule has 0 aliphatic rings. The summed E-state index contributed by atoms with van der Waals surface area (Å²) in [5, 5.41) is 11.9. The highest BCUT2D eigenvalue weighted by atomic mass is 16.2. The van der Waals surface area contributed by atoms with Crippen LogP contribution in [0.1, 0.15) is 19.3 Å². The van der Waals surface area contributed by atoms with Gasteiger partial charge in [0.25, 0.3) is 0 Å². The summed E-state index contributed by atoms with van der Waals surface area (Å²) >= 11 is 0. The molecule has 0 fully saturated rings. The summed E-state index contributed by atoms with van der Waals surface area (Å²) in [6.45, 7) is 0.941. The Morgan fingerprint density at radius 1 is 1.32 bits per heavy atom. The fraction of sp³-hybridized carbons (Fsp3) is 0.583. The van der Waals surface area contributed by atoms with E-state index in [9.17, 15) is 4.79 Å². The van der Waals surface area contributed by atoms with Gasteiger partial charge in [-0.05, 0) is 19.3 Å². The molecule has 2 aromatic rings. The van der Waals surface area contributed by atoms with Crippen molar-refractivity contribution in [3.05, 3.63) is 16.8 Å². The molecule has 104 valence electrons. The first kappa shape index (κ1) is 13.5. The average molecular weight is 265 g/mol. The SMILES string of the molecule is Cn1cnc2c1c(NCCCCCO)nc(=O)n2C. The minimum Gasteiger partial charge on any atom is -0.396 e. The zero-order chi connectivity index (χ0) is 13.8. The standard InChI is InChI=1S/C12H19N5O2/c1-16-8-14-11-9(16)10(15-12(19)17(11)2)13-6-4-3-5-7-18/h8,18H,3-7H2,1-2H3,(H,13,15,19). The highest BCUT2D eigenvalue weighted by Gasteiger charge is 2.12. The fourth-order valence-electron chi connectivity index (χ4n) is 1.99. The molecule has 0 atom stereocenters. The Hall–Kier alpha value is -1.89. The molecule has 0 aliphatic heterocycles. The number of aliphatic hydroxyl groups is 1. The second kappa shape index (κ2) is 5.83. The van der Waals surface area contributed by atoms with E-state index in [0.29, 0.717) is 11.5 Å². The van der Waals surface area contributed by atoms with Crippen molar-refractivity contribution in [1.82, 2.24) is 19.1 Å². The molecule has 0 spiro atoms. The number of nitrogens with one attached hydrogen (secondary N) is 1. The summed E-state index contributed by atoms with van der Waals surface area (Å²) < 4.78 is 3.28. The van der Waals surface area contributed by atoms with Crippen LogP contribution in [0.5, 0.6) is 0 Å². The molecule has 19 heavy (non-hydrogen) atoms. The highest BCUT2D eigenvalue weighted by Crippen LogP contribution is 2.17. The minimum absolute atomic E-state index is 0.218. The molecule has 0 aromatic carbocycles. The van der Waals surface area contributed by atoms with E-state index in [1.165, 1.54) is 4.57 Å². The number of anilines is 1. The first-order valence-corrected chi connectivity index (χ1v) is 6.38. The normalized spacial score (nSPS) is 11.1. The Kier molecular flexibility index (Phi) is 4.16. The van der Waals surface area contributed by atoms with Gasteiger partial charge in [-0.3, -0.25) is 4.57 Å². The highest BCUT2D eigenvalue weighted by molar-refractivity contribution is 5.83. The van der Waals surface area contributed by atoms with Crippen molar-refractivity contribution in [2.24, 2.45) is 14.1 Å². The number of fused-ring (bicyclic) bond motifs is 1. The smallest absolute Gasteiger partial charge is 0.351 e. The summed E-state index contributed by atoms with van der Waals surface area (Å²) in [4.78, 5) is 20.0. The fourth-order valence-corrected chi connectivity index (χ4v) is 1.99. The molecule has 0 bridgehead atoms. The average Bonchev–Trinajstić information content (AvgIpc) is 2.77. The van der Waals surface area contributed by atoms with Crippen molar-refractivity contribution in [3.8, 4) is 0 Å². The Balaban J connectivity index is 2.20. The van der Waals surface area contributed by atoms with Crippen LogP contribution in [0.2, 0.25) is 0 Å². The summed E-state index contributed by atoms with van der Waals surface area (Å²) in [7, 11) is 3.54. The number of imidazole rings is 1. The van der Waals surface area contributed by atoms with Gasteiger partial charge in [-0.15, -0.1) is 0 Å². The Morgan fingerprint density at radius 2 is 2.11 bits per heavy atom. The lowest BCUT2D eigenvalue weighted by Crippen LogP contribution is -2.22. The molecule has 0 saturated carbocycles. The van der Waals surface area contributed by atoms with Gasteiger partial charge in [0, 0.05) is 27.2 Å². The van der Waals surface area contributed by atoms with Crippen molar-refractivity contribution in [3.63, 3.8) is 0 Å². The first-order chi connectivity index (χ1) is 9.15. The van der Waals surface area contributed by atoms with Crippen LogP contribution in [-0.2, 0) is 14.1 Å². The molecular weight excluding hydrogens is 246 g/mol. The van der Waals surface area contributed by atoms with Gasteiger partial charge in [0.05, 0.1) is 6.33 Å². The predicted molar refractivity (Wildman–Crippen MR) is 73.2 cm³/mol. The summed E-state index contributed by atoms with van der Waals surface area (Å²) in [5.74, 6) is 0.571. The van der Waals surface area contributed by atoms with Gasteiger partial charge < -0.3 is 15.0 Å². The molecular formula is C12H19N5O2. The van der Waals surface area contributed by atoms with E-state index >= 15 is 0 Å². The maximum absolute atomic E-state index is 11.7. The van der Waals surface area contributed by atoms with Crippen molar-refractivity contribution in [2.75, 3.05) is 18.5 Å². The number of aryl methyl sites for hydroxylation is 2. The molecule has 7 nitrogen and oxygen atoms in total. The molecule has 2 heterocycles. The van der Waals surface area contributed by atoms with E-state index in [1.54, 1.807) is 13.4 Å². The molecule has 0 aliphatic carbocycles. The van der Waals surface area contributed by atoms with Crippen LogP contribution in [0, 0.1) is 0 Å². The van der Waals surface area contributed by atoms with Crippen LogP contribution in [-0.4, -0.2) is 37.4 Å². The van der Waals surface area contributed by atoms with Gasteiger partial charge in [-0.1, -0.05) is 0 Å². The third-order valence-corrected chi connectivity index (χ3v) is 3.08. The van der Waals surface area contributed by atoms with Crippen LogP contribution in [0.25, 0.3) is 11.2 Å². The molecule has 0 radical (unpaired) electrons. The lowest BCUT2D eigenvalue weighted by Gasteiger charge is -2.08. The maximum atomic E-state index is 11.7. The molecule has 2 N–H and O–H groups in total. The third kappa shape index (κ3) is 2.76. The third-order valence-electron chi connectivity index (χ3n) is 3.08. The van der Waals surface area contributed by atoms with Crippen LogP contribution in [0.3, 0.4) is 0 Å². The zero-order valence-corrected chi connectivity index (χ0v) is 11.3. The van der Waals surface area contributed by atoms with Gasteiger partial charge in [0.2, 0.25) is 0 Å². The second-order valence-electron chi connectivity index (χ2n) is 4.54. The van der Waals surface area contributed by atoms with Crippen LogP contribution in [0.4, 0.5) is 5.82 Å². The summed E-state index contributed by atoms with van der Waals surface area (Å²) in [5.41, 5.74) is 1.13. The maximum Gasteiger partial charge on any atom is 0.351 e. The van der Waals surface area contributed by atoms with E-state index in [2.05, 4.69) is 15.3 Å². The lowest BCUT2D eigenvalue weighted by molar-refractivity contribution is 0.283. The van der Waals surface area contributed by atoms with Gasteiger partial charge in [0.1, 0.15) is 5.52 Å². The number of hydrogen-bond donors (Lipinski definition) is 2. The van der Waals surface area contributed by atoms with E-state index in [-0.39, 0.29) is 12.3 Å². The van der Waals surface area contributed by atoms with E-state index in [4.69, 9.17) is 5.11 Å². The molecule has 0 unspecified atom stereocenters. The van der Waals surface area contributed by atoms with E-state index < -0.39 is 0 Å². The lowest BCUT2D eigenvalue weighted by atomic mass is 10.2. The van der Waals surface area contributed by atoms with E-state index in [1.807, 2.05) is 11.6 Å². The molecule has 0 amide bonds. The van der Waals surface area contributed by atoms with E-state index in [0.717, 1.165) is 31.3 Å². The van der Waals surface area contributed by atoms with Crippen LogP contribution < -0.4 is 11.0 Å². The number of aliphatic hydroxyl groups excluding tert-OH is 1. The molecule has 7 heteroatoms. The van der Waals surface area contributed by atoms with Crippen LogP contribution >= 0.6 is 0 Å².